The summed E-state index contributed by atoms with van der Waals surface area (Å²) in [5.74, 6) is 0.857. The molecular formula is C15H22N2O2. The van der Waals surface area contributed by atoms with E-state index in [1.807, 2.05) is 4.90 Å². The van der Waals surface area contributed by atoms with Crippen LogP contribution >= 0.6 is 0 Å². The predicted octanol–water partition coefficient (Wildman–Crippen LogP) is 1.81. The molecule has 1 fully saturated rings. The van der Waals surface area contributed by atoms with Gasteiger partial charge in [-0.3, -0.25) is 4.79 Å². The number of aromatic hydroxyl groups is 1. The number of rotatable bonds is 3. The molecule has 1 aliphatic heterocycles. The highest BCUT2D eigenvalue weighted by Crippen LogP contribution is 2.20. The first-order valence-electron chi connectivity index (χ1n) is 6.79. The van der Waals surface area contributed by atoms with Crippen LogP contribution in [0.5, 0.6) is 5.75 Å². The summed E-state index contributed by atoms with van der Waals surface area (Å²) in [5, 5.41) is 9.43. The first kappa shape index (κ1) is 13.9. The smallest absolute Gasteiger partial charge is 0.253 e. The van der Waals surface area contributed by atoms with Crippen molar-refractivity contribution in [3.05, 3.63) is 29.8 Å². The highest BCUT2D eigenvalue weighted by Gasteiger charge is 2.23. The number of benzene rings is 1. The van der Waals surface area contributed by atoms with Crippen LogP contribution in [0.2, 0.25) is 0 Å². The Balaban J connectivity index is 1.92. The molecule has 0 aliphatic carbocycles. The van der Waals surface area contributed by atoms with Crippen LogP contribution in [0, 0.1) is 5.92 Å². The van der Waals surface area contributed by atoms with Crippen molar-refractivity contribution < 1.29 is 9.90 Å². The highest BCUT2D eigenvalue weighted by atomic mass is 16.3. The van der Waals surface area contributed by atoms with Crippen molar-refractivity contribution >= 4 is 5.91 Å². The second-order valence-corrected chi connectivity index (χ2v) is 5.55. The van der Waals surface area contributed by atoms with E-state index in [0.29, 0.717) is 11.5 Å². The molecule has 0 spiro atoms. The number of carbonyl (C=O) groups is 1. The van der Waals surface area contributed by atoms with Gasteiger partial charge in [0.05, 0.1) is 0 Å². The second kappa shape index (κ2) is 6.06. The van der Waals surface area contributed by atoms with Gasteiger partial charge in [-0.05, 0) is 51.1 Å². The first-order chi connectivity index (χ1) is 9.06. The molecule has 0 unspecified atom stereocenters. The summed E-state index contributed by atoms with van der Waals surface area (Å²) >= 11 is 0. The zero-order chi connectivity index (χ0) is 13.8. The molecular weight excluding hydrogens is 240 g/mol. The molecule has 1 aliphatic rings. The normalized spacial score (nSPS) is 16.9. The van der Waals surface area contributed by atoms with Gasteiger partial charge in [-0.25, -0.2) is 0 Å². The fourth-order valence-electron chi connectivity index (χ4n) is 2.66. The summed E-state index contributed by atoms with van der Waals surface area (Å²) in [6.07, 6.45) is 2.12. The van der Waals surface area contributed by atoms with Crippen molar-refractivity contribution in [2.45, 2.75) is 12.8 Å². The summed E-state index contributed by atoms with van der Waals surface area (Å²) in [4.78, 5) is 16.4. The number of phenols is 1. The van der Waals surface area contributed by atoms with Gasteiger partial charge in [0.25, 0.3) is 5.91 Å². The third-order valence-corrected chi connectivity index (χ3v) is 3.62. The Morgan fingerprint density at radius 1 is 1.37 bits per heavy atom. The van der Waals surface area contributed by atoms with Crippen molar-refractivity contribution in [1.82, 2.24) is 9.80 Å². The minimum absolute atomic E-state index is 0.0270. The van der Waals surface area contributed by atoms with Crippen LogP contribution < -0.4 is 0 Å². The van der Waals surface area contributed by atoms with Crippen molar-refractivity contribution in [2.75, 3.05) is 33.7 Å². The van der Waals surface area contributed by atoms with Crippen molar-refractivity contribution in [2.24, 2.45) is 5.92 Å². The zero-order valence-corrected chi connectivity index (χ0v) is 11.7. The van der Waals surface area contributed by atoms with E-state index in [9.17, 15) is 9.90 Å². The third-order valence-electron chi connectivity index (χ3n) is 3.62. The Morgan fingerprint density at radius 2 is 2.05 bits per heavy atom. The van der Waals surface area contributed by atoms with E-state index in [2.05, 4.69) is 19.0 Å². The Kier molecular flexibility index (Phi) is 4.43. The molecule has 4 nitrogen and oxygen atoms in total. The maximum Gasteiger partial charge on any atom is 0.253 e. The summed E-state index contributed by atoms with van der Waals surface area (Å²) in [5.41, 5.74) is 0.575. The van der Waals surface area contributed by atoms with E-state index in [1.165, 1.54) is 6.07 Å². The van der Waals surface area contributed by atoms with E-state index in [1.54, 1.807) is 18.2 Å². The van der Waals surface area contributed by atoms with E-state index in [4.69, 9.17) is 0 Å². The molecule has 0 saturated carbocycles. The van der Waals surface area contributed by atoms with Gasteiger partial charge < -0.3 is 14.9 Å². The van der Waals surface area contributed by atoms with E-state index < -0.39 is 0 Å². The van der Waals surface area contributed by atoms with Crippen LogP contribution in [-0.4, -0.2) is 54.5 Å². The average Bonchev–Trinajstić information content (AvgIpc) is 2.38. The zero-order valence-electron chi connectivity index (χ0n) is 11.7. The van der Waals surface area contributed by atoms with Crippen LogP contribution in [-0.2, 0) is 0 Å². The molecule has 19 heavy (non-hydrogen) atoms. The minimum Gasteiger partial charge on any atom is -0.508 e. The number of phenolic OH excluding ortho intramolecular Hbond substituents is 1. The molecule has 0 radical (unpaired) electrons. The number of carbonyl (C=O) groups excluding carboxylic acids is 1. The summed E-state index contributed by atoms with van der Waals surface area (Å²) in [7, 11) is 4.18. The predicted molar refractivity (Wildman–Crippen MR) is 75.3 cm³/mol. The number of nitrogens with zero attached hydrogens (tertiary/aromatic N) is 2. The van der Waals surface area contributed by atoms with Crippen LogP contribution in [0.3, 0.4) is 0 Å². The number of likely N-dealkylation sites (tertiary alicyclic amines) is 1. The van der Waals surface area contributed by atoms with Gasteiger partial charge in [0.2, 0.25) is 0 Å². The lowest BCUT2D eigenvalue weighted by Gasteiger charge is -2.33. The molecule has 0 aromatic heterocycles. The molecule has 104 valence electrons. The van der Waals surface area contributed by atoms with Gasteiger partial charge in [0.15, 0.2) is 0 Å². The molecule has 1 saturated heterocycles. The lowest BCUT2D eigenvalue weighted by atomic mass is 9.96. The molecule has 1 N–H and O–H groups in total. The van der Waals surface area contributed by atoms with Crippen molar-refractivity contribution in [3.8, 4) is 5.75 Å². The topological polar surface area (TPSA) is 43.8 Å². The number of piperidine rings is 1. The van der Waals surface area contributed by atoms with Gasteiger partial charge in [-0.2, -0.15) is 0 Å². The summed E-state index contributed by atoms with van der Waals surface area (Å²) < 4.78 is 0. The minimum atomic E-state index is 0.0270. The number of hydrogen-bond acceptors (Lipinski definition) is 3. The van der Waals surface area contributed by atoms with Crippen molar-refractivity contribution in [1.29, 1.82) is 0 Å². The van der Waals surface area contributed by atoms with Gasteiger partial charge in [-0.1, -0.05) is 6.07 Å². The molecule has 1 amide bonds. The van der Waals surface area contributed by atoms with Crippen LogP contribution in [0.15, 0.2) is 24.3 Å². The van der Waals surface area contributed by atoms with Gasteiger partial charge in [0.1, 0.15) is 5.75 Å². The second-order valence-electron chi connectivity index (χ2n) is 5.55. The monoisotopic (exact) mass is 262 g/mol. The number of amides is 1. The molecule has 1 aromatic rings. The lowest BCUT2D eigenvalue weighted by Crippen LogP contribution is -2.40. The average molecular weight is 262 g/mol. The van der Waals surface area contributed by atoms with Crippen LogP contribution in [0.4, 0.5) is 0 Å². The fraction of sp³-hybridized carbons (Fsp3) is 0.533. The standard InChI is InChI=1S/C15H22N2O2/c1-16(2)11-12-6-8-17(9-7-12)15(19)13-4-3-5-14(18)10-13/h3-5,10,12,18H,6-9,11H2,1-2H3. The Labute approximate surface area is 114 Å². The first-order valence-corrected chi connectivity index (χ1v) is 6.79. The van der Waals surface area contributed by atoms with Gasteiger partial charge >= 0.3 is 0 Å². The SMILES string of the molecule is CN(C)CC1CCN(C(=O)c2cccc(O)c2)CC1. The van der Waals surface area contributed by atoms with Crippen molar-refractivity contribution in [3.63, 3.8) is 0 Å². The molecule has 4 heteroatoms. The molecule has 1 aromatic carbocycles. The van der Waals surface area contributed by atoms with Crippen LogP contribution in [0.1, 0.15) is 23.2 Å². The Hall–Kier alpha value is -1.55. The summed E-state index contributed by atoms with van der Waals surface area (Å²) in [6.45, 7) is 2.72. The Morgan fingerprint density at radius 3 is 2.63 bits per heavy atom. The van der Waals surface area contributed by atoms with E-state index in [-0.39, 0.29) is 11.7 Å². The lowest BCUT2D eigenvalue weighted by molar-refractivity contribution is 0.0677. The summed E-state index contributed by atoms with van der Waals surface area (Å²) in [6, 6.07) is 6.59. The fourth-order valence-corrected chi connectivity index (χ4v) is 2.66. The van der Waals surface area contributed by atoms with E-state index >= 15 is 0 Å². The molecule has 2 rings (SSSR count). The highest BCUT2D eigenvalue weighted by molar-refractivity contribution is 5.94. The van der Waals surface area contributed by atoms with E-state index in [0.717, 1.165) is 32.5 Å². The molecule has 1 heterocycles. The molecule has 0 atom stereocenters. The van der Waals surface area contributed by atoms with Crippen LogP contribution in [0.25, 0.3) is 0 Å². The van der Waals surface area contributed by atoms with Gasteiger partial charge in [-0.15, -0.1) is 0 Å². The number of hydrogen-bond donors (Lipinski definition) is 1. The largest absolute Gasteiger partial charge is 0.508 e. The molecule has 0 bridgehead atoms. The Bertz CT molecular complexity index is 438. The third kappa shape index (κ3) is 3.70. The maximum absolute atomic E-state index is 12.3. The van der Waals surface area contributed by atoms with Gasteiger partial charge in [0, 0.05) is 25.2 Å². The quantitative estimate of drug-likeness (QED) is 0.903. The maximum atomic E-state index is 12.3.